The summed E-state index contributed by atoms with van der Waals surface area (Å²) in [7, 11) is 1.93. The summed E-state index contributed by atoms with van der Waals surface area (Å²) in [4.78, 5) is 5.57. The van der Waals surface area contributed by atoms with Crippen molar-refractivity contribution in [1.82, 2.24) is 4.90 Å². The Hall–Kier alpha value is -1.31. The molecule has 0 amide bonds. The highest BCUT2D eigenvalue weighted by Gasteiger charge is 1.92. The molecule has 0 aromatic heterocycles. The zero-order chi connectivity index (χ0) is 8.69. The fraction of sp³-hybridized carbons (Fsp3) is 0.222. The molecule has 0 rings (SSSR count). The molecule has 0 saturated heterocycles. The largest absolute Gasteiger partial charge is 0.350 e. The Labute approximate surface area is 68.2 Å². The Bertz CT molecular complexity index is 190. The highest BCUT2D eigenvalue weighted by atomic mass is 15.1. The first kappa shape index (κ1) is 9.69. The molecular weight excluding hydrogens is 136 g/mol. The highest BCUT2D eigenvalue weighted by molar-refractivity contribution is 5.28. The Morgan fingerprint density at radius 3 is 2.55 bits per heavy atom. The van der Waals surface area contributed by atoms with E-state index in [1.54, 1.807) is 12.3 Å². The minimum atomic E-state index is 0.929. The standard InChI is InChI=1S/C9H14N2/c1-5-7-11(4)9(6-2)8-10-3/h5-8H,2-3H2,1,4H3/b7-5-,9-8-. The third-order valence-electron chi connectivity index (χ3n) is 1.21. The van der Waals surface area contributed by atoms with Gasteiger partial charge in [0.15, 0.2) is 0 Å². The van der Waals surface area contributed by atoms with E-state index in [9.17, 15) is 0 Å². The van der Waals surface area contributed by atoms with Crippen molar-refractivity contribution in [1.29, 1.82) is 0 Å². The van der Waals surface area contributed by atoms with E-state index in [1.165, 1.54) is 0 Å². The Morgan fingerprint density at radius 2 is 2.18 bits per heavy atom. The molecule has 0 atom stereocenters. The predicted molar refractivity (Wildman–Crippen MR) is 50.4 cm³/mol. The summed E-state index contributed by atoms with van der Waals surface area (Å²) in [6.07, 6.45) is 7.26. The van der Waals surface area contributed by atoms with Crippen LogP contribution in [-0.2, 0) is 0 Å². The van der Waals surface area contributed by atoms with Gasteiger partial charge in [0.05, 0.1) is 5.70 Å². The number of allylic oxidation sites excluding steroid dienone is 2. The summed E-state index contributed by atoms with van der Waals surface area (Å²) in [5.41, 5.74) is 0.929. The molecule has 0 unspecified atom stereocenters. The van der Waals surface area contributed by atoms with Gasteiger partial charge in [-0.25, -0.2) is 0 Å². The number of hydrogen-bond acceptors (Lipinski definition) is 2. The summed E-state index contributed by atoms with van der Waals surface area (Å²) in [5.74, 6) is 0. The normalized spacial score (nSPS) is 11.6. The van der Waals surface area contributed by atoms with E-state index in [0.29, 0.717) is 0 Å². The minimum absolute atomic E-state index is 0.929. The van der Waals surface area contributed by atoms with Gasteiger partial charge in [0.1, 0.15) is 0 Å². The third kappa shape index (κ3) is 3.40. The first-order valence-corrected chi connectivity index (χ1v) is 3.40. The molecule has 0 aliphatic rings. The van der Waals surface area contributed by atoms with Gasteiger partial charge < -0.3 is 4.90 Å². The fourth-order valence-electron chi connectivity index (χ4n) is 0.691. The van der Waals surface area contributed by atoms with Crippen LogP contribution in [0, 0.1) is 0 Å². The number of hydrogen-bond donors (Lipinski definition) is 0. The van der Waals surface area contributed by atoms with Gasteiger partial charge in [-0.15, -0.1) is 0 Å². The highest BCUT2D eigenvalue weighted by Crippen LogP contribution is 2.02. The van der Waals surface area contributed by atoms with E-state index >= 15 is 0 Å². The van der Waals surface area contributed by atoms with Crippen molar-refractivity contribution in [2.45, 2.75) is 6.92 Å². The lowest BCUT2D eigenvalue weighted by Gasteiger charge is -2.13. The summed E-state index contributed by atoms with van der Waals surface area (Å²) >= 11 is 0. The number of aliphatic imine (C=N–C) groups is 1. The topological polar surface area (TPSA) is 15.6 Å². The Balaban J connectivity index is 4.36. The lowest BCUT2D eigenvalue weighted by molar-refractivity contribution is 0.586. The van der Waals surface area contributed by atoms with Gasteiger partial charge >= 0.3 is 0 Å². The van der Waals surface area contributed by atoms with E-state index in [-0.39, 0.29) is 0 Å². The maximum atomic E-state index is 3.65. The molecule has 11 heavy (non-hydrogen) atoms. The lowest BCUT2D eigenvalue weighted by atomic mass is 10.4. The van der Waals surface area contributed by atoms with Crippen molar-refractivity contribution < 1.29 is 0 Å². The predicted octanol–water partition coefficient (Wildman–Crippen LogP) is 2.18. The molecule has 2 heteroatoms. The maximum Gasteiger partial charge on any atom is 0.0583 e. The maximum absolute atomic E-state index is 3.65. The van der Waals surface area contributed by atoms with Gasteiger partial charge in [-0.3, -0.25) is 4.99 Å². The van der Waals surface area contributed by atoms with Crippen LogP contribution in [0.25, 0.3) is 0 Å². The molecule has 0 fully saturated rings. The van der Waals surface area contributed by atoms with Crippen LogP contribution in [-0.4, -0.2) is 18.7 Å². The van der Waals surface area contributed by atoms with Gasteiger partial charge in [0.25, 0.3) is 0 Å². The molecule has 0 aliphatic carbocycles. The van der Waals surface area contributed by atoms with E-state index < -0.39 is 0 Å². The average molecular weight is 150 g/mol. The van der Waals surface area contributed by atoms with Crippen molar-refractivity contribution >= 4 is 6.72 Å². The third-order valence-corrected chi connectivity index (χ3v) is 1.21. The van der Waals surface area contributed by atoms with E-state index in [0.717, 1.165) is 5.70 Å². The van der Waals surface area contributed by atoms with Gasteiger partial charge in [-0.2, -0.15) is 0 Å². The van der Waals surface area contributed by atoms with Crippen LogP contribution in [0.2, 0.25) is 0 Å². The van der Waals surface area contributed by atoms with Crippen molar-refractivity contribution in [3.63, 3.8) is 0 Å². The molecule has 0 saturated carbocycles. The second kappa shape index (κ2) is 5.47. The smallest absolute Gasteiger partial charge is 0.0583 e. The Morgan fingerprint density at radius 1 is 1.55 bits per heavy atom. The molecule has 0 radical (unpaired) electrons. The molecule has 0 bridgehead atoms. The monoisotopic (exact) mass is 150 g/mol. The lowest BCUT2D eigenvalue weighted by Crippen LogP contribution is -2.07. The SMILES string of the molecule is C=C/C(=C/N=C)N(C)/C=C\C. The summed E-state index contributed by atoms with van der Waals surface area (Å²) < 4.78 is 0. The molecule has 0 N–H and O–H groups in total. The zero-order valence-corrected chi connectivity index (χ0v) is 7.12. The van der Waals surface area contributed by atoms with Crippen LogP contribution in [0.4, 0.5) is 0 Å². The molecule has 0 heterocycles. The van der Waals surface area contributed by atoms with E-state index in [2.05, 4.69) is 18.3 Å². The van der Waals surface area contributed by atoms with Crippen LogP contribution in [0.5, 0.6) is 0 Å². The molecule has 60 valence electrons. The van der Waals surface area contributed by atoms with Crippen LogP contribution in [0.1, 0.15) is 6.92 Å². The molecule has 0 aromatic carbocycles. The van der Waals surface area contributed by atoms with Crippen molar-refractivity contribution in [2.75, 3.05) is 7.05 Å². The number of rotatable bonds is 4. The van der Waals surface area contributed by atoms with Crippen molar-refractivity contribution in [3.05, 3.63) is 36.8 Å². The first-order valence-electron chi connectivity index (χ1n) is 3.40. The molecule has 0 spiro atoms. The van der Waals surface area contributed by atoms with Gasteiger partial charge in [0.2, 0.25) is 0 Å². The van der Waals surface area contributed by atoms with Crippen LogP contribution in [0.15, 0.2) is 41.8 Å². The second-order valence-electron chi connectivity index (χ2n) is 2.03. The van der Waals surface area contributed by atoms with Gasteiger partial charge in [-0.05, 0) is 25.9 Å². The van der Waals surface area contributed by atoms with Crippen molar-refractivity contribution in [3.8, 4) is 0 Å². The second-order valence-corrected chi connectivity index (χ2v) is 2.03. The van der Waals surface area contributed by atoms with Gasteiger partial charge in [0, 0.05) is 13.2 Å². The van der Waals surface area contributed by atoms with Crippen LogP contribution in [0.3, 0.4) is 0 Å². The summed E-state index contributed by atoms with van der Waals surface area (Å²) in [6, 6.07) is 0. The Kier molecular flexibility index (Phi) is 4.82. The molecule has 2 nitrogen and oxygen atoms in total. The molecular formula is C9H14N2. The average Bonchev–Trinajstić information content (AvgIpc) is 2.00. The summed E-state index contributed by atoms with van der Waals surface area (Å²) in [6.45, 7) is 8.97. The van der Waals surface area contributed by atoms with Gasteiger partial charge in [-0.1, -0.05) is 12.7 Å². The summed E-state index contributed by atoms with van der Waals surface area (Å²) in [5, 5.41) is 0. The molecule has 0 aromatic rings. The van der Waals surface area contributed by atoms with E-state index in [4.69, 9.17) is 0 Å². The first-order chi connectivity index (χ1) is 5.26. The van der Waals surface area contributed by atoms with Crippen LogP contribution >= 0.6 is 0 Å². The van der Waals surface area contributed by atoms with E-state index in [1.807, 2.05) is 31.1 Å². The fourth-order valence-corrected chi connectivity index (χ4v) is 0.691. The number of likely N-dealkylation sites (N-methyl/N-ethyl adjacent to an activating group) is 1. The van der Waals surface area contributed by atoms with Crippen molar-refractivity contribution in [2.24, 2.45) is 4.99 Å². The number of nitrogens with zero attached hydrogens (tertiary/aromatic N) is 2. The van der Waals surface area contributed by atoms with Crippen LogP contribution < -0.4 is 0 Å². The molecule has 0 aliphatic heterocycles. The quantitative estimate of drug-likeness (QED) is 0.443. The zero-order valence-electron chi connectivity index (χ0n) is 7.12. The minimum Gasteiger partial charge on any atom is -0.350 e.